The average Bonchev–Trinajstić information content (AvgIpc) is 3.29. The van der Waals surface area contributed by atoms with E-state index >= 15 is 0 Å². The predicted molar refractivity (Wildman–Crippen MR) is 139 cm³/mol. The minimum Gasteiger partial charge on any atom is -0.495 e. The Bertz CT molecular complexity index is 1630. The maximum atomic E-state index is 14.7. The van der Waals surface area contributed by atoms with Crippen LogP contribution in [0.15, 0.2) is 53.8 Å². The summed E-state index contributed by atoms with van der Waals surface area (Å²) in [6.45, 7) is 2.55. The number of carbonyl (C=O) groups excluding carboxylic acids is 1. The van der Waals surface area contributed by atoms with E-state index in [9.17, 15) is 17.6 Å². The number of nitrogens with zero attached hydrogens (tertiary/aromatic N) is 6. The fraction of sp³-hybridized carbons (Fsp3) is 0.280. The van der Waals surface area contributed by atoms with E-state index in [1.54, 1.807) is 23.2 Å². The minimum absolute atomic E-state index is 0.0547. The molecule has 0 spiro atoms. The number of amides is 1. The number of aromatic nitrogens is 4. The van der Waals surface area contributed by atoms with Gasteiger partial charge in [-0.05, 0) is 24.3 Å². The molecule has 13 heteroatoms. The van der Waals surface area contributed by atoms with Crippen LogP contribution >= 0.6 is 0 Å². The van der Waals surface area contributed by atoms with Gasteiger partial charge in [-0.3, -0.25) is 4.79 Å². The van der Waals surface area contributed by atoms with Crippen molar-refractivity contribution in [1.82, 2.24) is 28.7 Å². The van der Waals surface area contributed by atoms with Crippen LogP contribution in [0.25, 0.3) is 22.3 Å². The largest absolute Gasteiger partial charge is 0.495 e. The summed E-state index contributed by atoms with van der Waals surface area (Å²) in [6.07, 6.45) is 4.48. The van der Waals surface area contributed by atoms with Gasteiger partial charge >= 0.3 is 0 Å². The molecule has 11 nitrogen and oxygen atoms in total. The number of hydrogen-bond acceptors (Lipinski definition) is 8. The highest BCUT2D eigenvalue weighted by Gasteiger charge is 2.30. The highest BCUT2D eigenvalue weighted by molar-refractivity contribution is 7.89. The molecule has 0 aliphatic carbocycles. The van der Waals surface area contributed by atoms with Crippen LogP contribution < -0.4 is 10.1 Å². The molecular weight excluding hydrogens is 513 g/mol. The normalized spacial score (nSPS) is 14.6. The second-order valence-electron chi connectivity index (χ2n) is 8.85. The quantitative estimate of drug-likeness (QED) is 0.397. The lowest BCUT2D eigenvalue weighted by Gasteiger charge is -2.33. The zero-order valence-electron chi connectivity index (χ0n) is 21.0. The number of nitrogens with one attached hydrogen (secondary N) is 1. The van der Waals surface area contributed by atoms with Gasteiger partial charge in [0.05, 0.1) is 23.9 Å². The van der Waals surface area contributed by atoms with Crippen LogP contribution in [0.2, 0.25) is 0 Å². The molecule has 38 heavy (non-hydrogen) atoms. The van der Waals surface area contributed by atoms with Gasteiger partial charge in [-0.15, -0.1) is 0 Å². The minimum atomic E-state index is -3.80. The van der Waals surface area contributed by atoms with Crippen molar-refractivity contribution in [2.24, 2.45) is 7.05 Å². The molecule has 0 radical (unpaired) electrons. The summed E-state index contributed by atoms with van der Waals surface area (Å²) in [7, 11) is -0.507. The van der Waals surface area contributed by atoms with Gasteiger partial charge in [0.1, 0.15) is 17.1 Å². The molecule has 1 N–H and O–H groups in total. The van der Waals surface area contributed by atoms with Crippen LogP contribution in [0.1, 0.15) is 6.92 Å². The van der Waals surface area contributed by atoms with Crippen molar-refractivity contribution < 1.29 is 22.3 Å². The summed E-state index contributed by atoms with van der Waals surface area (Å²) in [4.78, 5) is 26.0. The molecular formula is C25H26FN7O4S. The standard InChI is InChI=1S/C25H26FN7O4S/c1-16(34)32-8-10-33(11-9-32)38(35,36)19-4-5-21(22(13-19)37-3)29-25-28-15-20(26)23(30-25)18-12-17-6-7-31(2)24(17)27-14-18/h4-7,12-15H,8-11H2,1-3H3,(H,28,29,30). The summed E-state index contributed by atoms with van der Waals surface area (Å²) < 4.78 is 49.7. The first kappa shape index (κ1) is 25.5. The number of pyridine rings is 1. The maximum Gasteiger partial charge on any atom is 0.243 e. The van der Waals surface area contributed by atoms with Gasteiger partial charge in [0.15, 0.2) is 5.82 Å². The number of halogens is 1. The number of anilines is 2. The highest BCUT2D eigenvalue weighted by atomic mass is 32.2. The highest BCUT2D eigenvalue weighted by Crippen LogP contribution is 2.32. The van der Waals surface area contributed by atoms with E-state index in [4.69, 9.17) is 4.74 Å². The number of benzene rings is 1. The molecule has 3 aromatic heterocycles. The number of fused-ring (bicyclic) bond motifs is 1. The second-order valence-corrected chi connectivity index (χ2v) is 10.8. The van der Waals surface area contributed by atoms with Crippen molar-refractivity contribution in [3.8, 4) is 17.0 Å². The Labute approximate surface area is 218 Å². The lowest BCUT2D eigenvalue weighted by Crippen LogP contribution is -2.49. The zero-order chi connectivity index (χ0) is 27.0. The SMILES string of the molecule is COc1cc(S(=O)(=O)N2CCN(C(C)=O)CC2)ccc1Nc1ncc(F)c(-c2cnc3c(ccn3C)c2)n1. The second kappa shape index (κ2) is 9.99. The van der Waals surface area contributed by atoms with Gasteiger partial charge in [0.2, 0.25) is 21.9 Å². The summed E-state index contributed by atoms with van der Waals surface area (Å²) in [6, 6.07) is 8.09. The smallest absolute Gasteiger partial charge is 0.243 e. The molecule has 0 atom stereocenters. The molecule has 1 amide bonds. The molecule has 1 fully saturated rings. The van der Waals surface area contributed by atoms with Crippen molar-refractivity contribution in [1.29, 1.82) is 0 Å². The van der Waals surface area contributed by atoms with Crippen molar-refractivity contribution in [3.63, 3.8) is 0 Å². The Balaban J connectivity index is 1.40. The number of carbonyl (C=O) groups is 1. The number of aryl methyl sites for hydroxylation is 1. The van der Waals surface area contributed by atoms with Crippen LogP contribution in [0, 0.1) is 5.82 Å². The fourth-order valence-electron chi connectivity index (χ4n) is 4.36. The lowest BCUT2D eigenvalue weighted by atomic mass is 10.1. The molecule has 0 saturated carbocycles. The molecule has 0 unspecified atom stereocenters. The maximum absolute atomic E-state index is 14.7. The molecule has 198 valence electrons. The van der Waals surface area contributed by atoms with Crippen molar-refractivity contribution in [2.45, 2.75) is 11.8 Å². The third kappa shape index (κ3) is 4.77. The Kier molecular flexibility index (Phi) is 6.71. The number of methoxy groups -OCH3 is 1. The van der Waals surface area contributed by atoms with Crippen LogP contribution in [-0.4, -0.2) is 76.3 Å². The van der Waals surface area contributed by atoms with Crippen LogP contribution in [-0.2, 0) is 21.9 Å². The summed E-state index contributed by atoms with van der Waals surface area (Å²) in [5.74, 6) is -0.341. The van der Waals surface area contributed by atoms with E-state index in [0.717, 1.165) is 17.2 Å². The average molecular weight is 540 g/mol. The molecule has 4 heterocycles. The van der Waals surface area contributed by atoms with Gasteiger partial charge in [0, 0.05) is 69.6 Å². The molecule has 0 bridgehead atoms. The van der Waals surface area contributed by atoms with Crippen LogP contribution in [0.5, 0.6) is 5.75 Å². The third-order valence-corrected chi connectivity index (χ3v) is 8.36. The molecule has 1 aliphatic heterocycles. The Hall–Kier alpha value is -4.10. The number of rotatable bonds is 6. The Morgan fingerprint density at radius 3 is 2.55 bits per heavy atom. The van der Waals surface area contributed by atoms with Gasteiger partial charge in [-0.2, -0.15) is 4.31 Å². The summed E-state index contributed by atoms with van der Waals surface area (Å²) in [5.41, 5.74) is 1.73. The fourth-order valence-corrected chi connectivity index (χ4v) is 5.80. The molecule has 1 aromatic carbocycles. The van der Waals surface area contributed by atoms with Gasteiger partial charge in [-0.25, -0.2) is 27.8 Å². The number of sulfonamides is 1. The van der Waals surface area contributed by atoms with E-state index in [2.05, 4.69) is 20.3 Å². The Morgan fingerprint density at radius 1 is 1.08 bits per heavy atom. The van der Waals surface area contributed by atoms with Crippen molar-refractivity contribution >= 4 is 38.6 Å². The number of hydrogen-bond donors (Lipinski definition) is 1. The Morgan fingerprint density at radius 2 is 1.84 bits per heavy atom. The van der Waals surface area contributed by atoms with E-state index in [-0.39, 0.29) is 41.3 Å². The first-order valence-electron chi connectivity index (χ1n) is 11.8. The van der Waals surface area contributed by atoms with Crippen molar-refractivity contribution in [3.05, 3.63) is 54.7 Å². The summed E-state index contributed by atoms with van der Waals surface area (Å²) >= 11 is 0. The molecule has 1 aliphatic rings. The van der Waals surface area contributed by atoms with Gasteiger partial charge in [0.25, 0.3) is 0 Å². The van der Waals surface area contributed by atoms with E-state index < -0.39 is 15.8 Å². The predicted octanol–water partition coefficient (Wildman–Crippen LogP) is 2.77. The molecule has 4 aromatic rings. The van der Waals surface area contributed by atoms with E-state index in [1.807, 2.05) is 23.9 Å². The monoisotopic (exact) mass is 539 g/mol. The molecule has 5 rings (SSSR count). The number of ether oxygens (including phenoxy) is 1. The van der Waals surface area contributed by atoms with E-state index in [0.29, 0.717) is 24.3 Å². The lowest BCUT2D eigenvalue weighted by molar-refractivity contribution is -0.129. The van der Waals surface area contributed by atoms with Gasteiger partial charge in [-0.1, -0.05) is 0 Å². The zero-order valence-corrected chi connectivity index (χ0v) is 21.9. The van der Waals surface area contributed by atoms with Crippen molar-refractivity contribution in [2.75, 3.05) is 38.6 Å². The van der Waals surface area contributed by atoms with Crippen LogP contribution in [0.4, 0.5) is 16.0 Å². The molecule has 1 saturated heterocycles. The number of piperazine rings is 1. The summed E-state index contributed by atoms with van der Waals surface area (Å²) in [5, 5.41) is 3.83. The topological polar surface area (TPSA) is 123 Å². The first-order valence-corrected chi connectivity index (χ1v) is 13.3. The van der Waals surface area contributed by atoms with Gasteiger partial charge < -0.3 is 19.5 Å². The first-order chi connectivity index (χ1) is 18.2. The van der Waals surface area contributed by atoms with E-state index in [1.165, 1.54) is 30.5 Å². The third-order valence-electron chi connectivity index (χ3n) is 6.47. The van der Waals surface area contributed by atoms with Crippen LogP contribution in [0.3, 0.4) is 0 Å².